The van der Waals surface area contributed by atoms with Crippen LogP contribution in [-0.2, 0) is 0 Å². The number of anilines is 1. The van der Waals surface area contributed by atoms with Gasteiger partial charge in [0.1, 0.15) is 12.1 Å². The van der Waals surface area contributed by atoms with Crippen LogP contribution in [0.5, 0.6) is 0 Å². The molecule has 0 fully saturated rings. The Morgan fingerprint density at radius 2 is 1.88 bits per heavy atom. The van der Waals surface area contributed by atoms with E-state index in [0.29, 0.717) is 11.6 Å². The van der Waals surface area contributed by atoms with Gasteiger partial charge in [0.15, 0.2) is 5.82 Å². The lowest BCUT2D eigenvalue weighted by atomic mass is 10.1. The third kappa shape index (κ3) is 2.74. The number of hydrogen-bond acceptors (Lipinski definition) is 5. The molecule has 0 unspecified atom stereocenters. The zero-order valence-corrected chi connectivity index (χ0v) is 13.7. The number of para-hydroxylation sites is 1. The average Bonchev–Trinajstić information content (AvgIpc) is 3.12. The van der Waals surface area contributed by atoms with Crippen molar-refractivity contribution in [2.45, 2.75) is 6.92 Å². The van der Waals surface area contributed by atoms with Crippen molar-refractivity contribution in [3.8, 4) is 28.2 Å². The Kier molecular flexibility index (Phi) is 3.70. The van der Waals surface area contributed by atoms with Crippen LogP contribution in [0, 0.1) is 6.92 Å². The number of benzene rings is 1. The molecular weight excluding hydrogens is 312 g/mol. The summed E-state index contributed by atoms with van der Waals surface area (Å²) in [4.78, 5) is 8.50. The molecule has 0 saturated carbocycles. The molecular formula is C19H16N6. The molecule has 25 heavy (non-hydrogen) atoms. The summed E-state index contributed by atoms with van der Waals surface area (Å²) in [5.41, 5.74) is 10.9. The Morgan fingerprint density at radius 1 is 1.00 bits per heavy atom. The molecule has 0 saturated heterocycles. The van der Waals surface area contributed by atoms with Gasteiger partial charge in [0, 0.05) is 29.7 Å². The topological polar surface area (TPSA) is 82.5 Å². The molecule has 3 aromatic heterocycles. The van der Waals surface area contributed by atoms with Gasteiger partial charge in [0.05, 0.1) is 11.3 Å². The van der Waals surface area contributed by atoms with E-state index >= 15 is 0 Å². The first-order valence-electron chi connectivity index (χ1n) is 7.86. The van der Waals surface area contributed by atoms with Gasteiger partial charge in [-0.15, -0.1) is 10.2 Å². The summed E-state index contributed by atoms with van der Waals surface area (Å²) in [5, 5.41) is 8.35. The van der Waals surface area contributed by atoms with Gasteiger partial charge < -0.3 is 5.73 Å². The van der Waals surface area contributed by atoms with E-state index in [1.165, 1.54) is 0 Å². The van der Waals surface area contributed by atoms with Crippen LogP contribution in [0.15, 0.2) is 67.4 Å². The number of nitrogens with two attached hydrogens (primary N) is 1. The molecule has 0 aliphatic carbocycles. The van der Waals surface area contributed by atoms with E-state index in [1.54, 1.807) is 24.9 Å². The lowest BCUT2D eigenvalue weighted by Crippen LogP contribution is -2.02. The van der Waals surface area contributed by atoms with Crippen LogP contribution in [0.2, 0.25) is 0 Å². The Bertz CT molecular complexity index is 1020. The number of rotatable bonds is 3. The largest absolute Gasteiger partial charge is 0.383 e. The van der Waals surface area contributed by atoms with Gasteiger partial charge in [-0.25, -0.2) is 4.98 Å². The maximum absolute atomic E-state index is 6.14. The normalized spacial score (nSPS) is 10.8. The van der Waals surface area contributed by atoms with Gasteiger partial charge in [-0.05, 0) is 30.7 Å². The van der Waals surface area contributed by atoms with Gasteiger partial charge in [-0.1, -0.05) is 24.3 Å². The van der Waals surface area contributed by atoms with Crippen LogP contribution in [-0.4, -0.2) is 24.7 Å². The van der Waals surface area contributed by atoms with Crippen LogP contribution < -0.4 is 5.73 Å². The highest BCUT2D eigenvalue weighted by molar-refractivity contribution is 5.76. The molecule has 6 nitrogen and oxygen atoms in total. The van der Waals surface area contributed by atoms with Crippen molar-refractivity contribution in [1.29, 1.82) is 0 Å². The van der Waals surface area contributed by atoms with Gasteiger partial charge in [0.25, 0.3) is 0 Å². The molecule has 1 aromatic carbocycles. The van der Waals surface area contributed by atoms with E-state index in [2.05, 4.69) is 20.2 Å². The zero-order chi connectivity index (χ0) is 17.2. The predicted molar refractivity (Wildman–Crippen MR) is 97.0 cm³/mol. The summed E-state index contributed by atoms with van der Waals surface area (Å²) in [6, 6.07) is 13.9. The smallest absolute Gasteiger partial charge is 0.172 e. The van der Waals surface area contributed by atoms with Crippen LogP contribution in [0.4, 0.5) is 5.82 Å². The fraction of sp³-hybridized carbons (Fsp3) is 0.0526. The Labute approximate surface area is 145 Å². The second kappa shape index (κ2) is 6.16. The summed E-state index contributed by atoms with van der Waals surface area (Å²) in [6.07, 6.45) is 6.96. The summed E-state index contributed by atoms with van der Waals surface area (Å²) >= 11 is 0. The molecule has 0 spiro atoms. The lowest BCUT2D eigenvalue weighted by molar-refractivity contribution is 1.04. The van der Waals surface area contributed by atoms with Crippen molar-refractivity contribution < 1.29 is 0 Å². The Balaban J connectivity index is 1.87. The average molecular weight is 328 g/mol. The fourth-order valence-corrected chi connectivity index (χ4v) is 2.77. The molecule has 6 heteroatoms. The third-order valence-corrected chi connectivity index (χ3v) is 4.08. The number of aromatic nitrogens is 5. The highest BCUT2D eigenvalue weighted by Gasteiger charge is 2.15. The van der Waals surface area contributed by atoms with E-state index in [-0.39, 0.29) is 0 Å². The van der Waals surface area contributed by atoms with Crippen molar-refractivity contribution >= 4 is 5.82 Å². The predicted octanol–water partition coefficient (Wildman–Crippen LogP) is 3.28. The molecule has 0 aliphatic rings. The molecule has 0 atom stereocenters. The molecule has 0 aliphatic heterocycles. The molecule has 3 heterocycles. The molecule has 0 bridgehead atoms. The van der Waals surface area contributed by atoms with Crippen molar-refractivity contribution in [2.75, 3.05) is 5.73 Å². The van der Waals surface area contributed by atoms with Crippen molar-refractivity contribution in [2.24, 2.45) is 0 Å². The maximum atomic E-state index is 6.14. The summed E-state index contributed by atoms with van der Waals surface area (Å²) < 4.78 is 1.93. The maximum Gasteiger partial charge on any atom is 0.172 e. The van der Waals surface area contributed by atoms with E-state index in [4.69, 9.17) is 5.73 Å². The minimum Gasteiger partial charge on any atom is -0.383 e. The second-order valence-corrected chi connectivity index (χ2v) is 5.71. The molecule has 0 radical (unpaired) electrons. The number of pyridine rings is 2. The molecule has 4 aromatic rings. The fourth-order valence-electron chi connectivity index (χ4n) is 2.77. The Morgan fingerprint density at radius 3 is 2.68 bits per heavy atom. The molecule has 0 amide bonds. The van der Waals surface area contributed by atoms with Crippen molar-refractivity contribution in [1.82, 2.24) is 24.7 Å². The van der Waals surface area contributed by atoms with Crippen LogP contribution in [0.3, 0.4) is 0 Å². The first-order valence-corrected chi connectivity index (χ1v) is 7.86. The quantitative estimate of drug-likeness (QED) is 0.624. The van der Waals surface area contributed by atoms with E-state index in [0.717, 1.165) is 27.9 Å². The van der Waals surface area contributed by atoms with E-state index in [1.807, 2.05) is 54.0 Å². The highest BCUT2D eigenvalue weighted by atomic mass is 15.3. The summed E-state index contributed by atoms with van der Waals surface area (Å²) in [6.45, 7) is 2.05. The van der Waals surface area contributed by atoms with Gasteiger partial charge >= 0.3 is 0 Å². The standard InChI is InChI=1S/C19H16N6/c1-13-5-2-3-7-17(13)25-12-23-24-19(25)16-9-15(11-22-18(16)20)14-6-4-8-21-10-14/h2-12H,1H3,(H2,20,22). The molecule has 122 valence electrons. The zero-order valence-electron chi connectivity index (χ0n) is 13.7. The van der Waals surface area contributed by atoms with Gasteiger partial charge in [0.2, 0.25) is 0 Å². The van der Waals surface area contributed by atoms with Gasteiger partial charge in [-0.3, -0.25) is 9.55 Å². The third-order valence-electron chi connectivity index (χ3n) is 4.08. The van der Waals surface area contributed by atoms with Crippen LogP contribution in [0.25, 0.3) is 28.2 Å². The first-order chi connectivity index (χ1) is 12.2. The molecule has 4 rings (SSSR count). The molecule has 2 N–H and O–H groups in total. The number of aryl methyl sites for hydroxylation is 1. The van der Waals surface area contributed by atoms with E-state index in [9.17, 15) is 0 Å². The van der Waals surface area contributed by atoms with Crippen molar-refractivity contribution in [3.63, 3.8) is 0 Å². The monoisotopic (exact) mass is 328 g/mol. The van der Waals surface area contributed by atoms with E-state index < -0.39 is 0 Å². The number of hydrogen-bond donors (Lipinski definition) is 1. The SMILES string of the molecule is Cc1ccccc1-n1cnnc1-c1cc(-c2cccnc2)cnc1N. The number of nitrogen functional groups attached to an aromatic ring is 1. The summed E-state index contributed by atoms with van der Waals surface area (Å²) in [7, 11) is 0. The number of nitrogens with zero attached hydrogens (tertiary/aromatic N) is 5. The minimum absolute atomic E-state index is 0.412. The van der Waals surface area contributed by atoms with Crippen molar-refractivity contribution in [3.05, 3.63) is 72.9 Å². The highest BCUT2D eigenvalue weighted by Crippen LogP contribution is 2.29. The Hall–Kier alpha value is -3.54. The summed E-state index contributed by atoms with van der Waals surface area (Å²) in [5.74, 6) is 1.07. The lowest BCUT2D eigenvalue weighted by Gasteiger charge is -2.11. The minimum atomic E-state index is 0.412. The second-order valence-electron chi connectivity index (χ2n) is 5.71. The van der Waals surface area contributed by atoms with Gasteiger partial charge in [-0.2, -0.15) is 0 Å². The first kappa shape index (κ1) is 15.0. The van der Waals surface area contributed by atoms with Crippen LogP contribution >= 0.6 is 0 Å². The van der Waals surface area contributed by atoms with Crippen LogP contribution in [0.1, 0.15) is 5.56 Å².